The van der Waals surface area contributed by atoms with Crippen molar-refractivity contribution in [3.63, 3.8) is 0 Å². The maximum absolute atomic E-state index is 12.5. The fraction of sp³-hybridized carbons (Fsp3) is 0.654. The van der Waals surface area contributed by atoms with Gasteiger partial charge in [0.1, 0.15) is 23.7 Å². The number of alkyl carbamates (subject to hydrolysis) is 1. The van der Waals surface area contributed by atoms with Gasteiger partial charge >= 0.3 is 12.1 Å². The predicted octanol–water partition coefficient (Wildman–Crippen LogP) is 4.27. The van der Waals surface area contributed by atoms with Crippen LogP contribution in [0.1, 0.15) is 77.1 Å². The predicted molar refractivity (Wildman–Crippen MR) is 132 cm³/mol. The molecule has 196 valence electrons. The summed E-state index contributed by atoms with van der Waals surface area (Å²) in [7, 11) is 1.76. The Kier molecular flexibility index (Phi) is 7.80. The number of aliphatic carboxylic acids is 1. The van der Waals surface area contributed by atoms with Crippen LogP contribution in [0.5, 0.6) is 5.75 Å². The van der Waals surface area contributed by atoms with Crippen molar-refractivity contribution in [3.8, 4) is 17.1 Å². The number of hydrogen-bond donors (Lipinski definition) is 2. The van der Waals surface area contributed by atoms with Gasteiger partial charge in [-0.15, -0.1) is 5.10 Å². The fourth-order valence-corrected chi connectivity index (χ4v) is 5.27. The average molecular weight is 500 g/mol. The molecule has 2 aliphatic rings. The van der Waals surface area contributed by atoms with E-state index in [9.17, 15) is 14.7 Å². The minimum atomic E-state index is -0.759. The number of pyridine rings is 1. The summed E-state index contributed by atoms with van der Waals surface area (Å²) in [5.74, 6) is 0.00391. The molecule has 2 aromatic heterocycles. The lowest BCUT2D eigenvalue weighted by Gasteiger charge is -2.28. The van der Waals surface area contributed by atoms with Gasteiger partial charge in [0, 0.05) is 12.6 Å². The van der Waals surface area contributed by atoms with Gasteiger partial charge in [0.15, 0.2) is 0 Å². The van der Waals surface area contributed by atoms with Crippen molar-refractivity contribution < 1.29 is 24.2 Å². The largest absolute Gasteiger partial charge is 0.488 e. The van der Waals surface area contributed by atoms with Crippen LogP contribution in [0.3, 0.4) is 0 Å². The first kappa shape index (κ1) is 25.9. The van der Waals surface area contributed by atoms with Crippen molar-refractivity contribution in [1.29, 1.82) is 0 Å². The quantitative estimate of drug-likeness (QED) is 0.496. The van der Waals surface area contributed by atoms with Gasteiger partial charge in [-0.3, -0.25) is 4.79 Å². The topological polar surface area (TPSA) is 128 Å². The molecule has 2 aromatic rings. The van der Waals surface area contributed by atoms with E-state index in [4.69, 9.17) is 14.5 Å². The van der Waals surface area contributed by atoms with Crippen LogP contribution in [0.15, 0.2) is 12.1 Å². The van der Waals surface area contributed by atoms with Crippen molar-refractivity contribution in [1.82, 2.24) is 25.3 Å². The molecule has 4 rings (SSSR count). The summed E-state index contributed by atoms with van der Waals surface area (Å²) in [5.41, 5.74) is 2.45. The lowest BCUT2D eigenvalue weighted by atomic mass is 9.87. The second-order valence-corrected chi connectivity index (χ2v) is 10.2. The summed E-state index contributed by atoms with van der Waals surface area (Å²) in [6.07, 6.45) is 5.87. The molecule has 2 fully saturated rings. The molecule has 4 atom stereocenters. The molecule has 0 aliphatic heterocycles. The van der Waals surface area contributed by atoms with Crippen LogP contribution < -0.4 is 10.1 Å². The van der Waals surface area contributed by atoms with Crippen molar-refractivity contribution >= 4 is 12.1 Å². The van der Waals surface area contributed by atoms with Crippen LogP contribution in [0.2, 0.25) is 0 Å². The molecule has 2 aliphatic carbocycles. The van der Waals surface area contributed by atoms with Gasteiger partial charge < -0.3 is 19.9 Å². The molecule has 2 N–H and O–H groups in total. The Morgan fingerprint density at radius 3 is 2.72 bits per heavy atom. The van der Waals surface area contributed by atoms with Gasteiger partial charge in [0.05, 0.1) is 23.4 Å². The third-order valence-electron chi connectivity index (χ3n) is 7.56. The highest BCUT2D eigenvalue weighted by Crippen LogP contribution is 2.46. The van der Waals surface area contributed by atoms with Gasteiger partial charge in [-0.05, 0) is 63.0 Å². The average Bonchev–Trinajstić information content (AvgIpc) is 3.31. The van der Waals surface area contributed by atoms with Gasteiger partial charge in [-0.25, -0.2) is 14.5 Å². The molecule has 0 saturated heterocycles. The van der Waals surface area contributed by atoms with Crippen LogP contribution >= 0.6 is 0 Å². The molecular weight excluding hydrogens is 462 g/mol. The van der Waals surface area contributed by atoms with Crippen molar-refractivity contribution in [2.45, 2.75) is 90.4 Å². The van der Waals surface area contributed by atoms with E-state index in [1.165, 1.54) is 0 Å². The number of rotatable bonds is 10. The summed E-state index contributed by atoms with van der Waals surface area (Å²) in [5, 5.41) is 20.8. The minimum absolute atomic E-state index is 0.0291. The monoisotopic (exact) mass is 499 g/mol. The van der Waals surface area contributed by atoms with Crippen LogP contribution in [0, 0.1) is 11.8 Å². The lowest BCUT2D eigenvalue weighted by molar-refractivity contribution is -0.143. The summed E-state index contributed by atoms with van der Waals surface area (Å²) in [6.45, 7) is 6.28. The normalized spacial score (nSPS) is 25.3. The van der Waals surface area contributed by atoms with Crippen LogP contribution in [0.25, 0.3) is 11.4 Å². The summed E-state index contributed by atoms with van der Waals surface area (Å²) in [4.78, 5) is 28.7. The SMILES string of the molecule is CCCC1(NC(=O)OCc2c(-c3ccc(O[C@H]4CCC[C@H](C(=O)O)C4)c(CC)n3)nnn2C)CC1C. The van der Waals surface area contributed by atoms with E-state index >= 15 is 0 Å². The highest BCUT2D eigenvalue weighted by molar-refractivity contribution is 5.70. The number of nitrogens with zero attached hydrogens (tertiary/aromatic N) is 4. The third kappa shape index (κ3) is 5.63. The van der Waals surface area contributed by atoms with E-state index in [0.717, 1.165) is 37.8 Å². The van der Waals surface area contributed by atoms with Crippen molar-refractivity contribution in [2.24, 2.45) is 18.9 Å². The van der Waals surface area contributed by atoms with Gasteiger partial charge in [0.25, 0.3) is 0 Å². The zero-order chi connectivity index (χ0) is 25.9. The van der Waals surface area contributed by atoms with Crippen LogP contribution in [-0.2, 0) is 29.6 Å². The Morgan fingerprint density at radius 1 is 1.28 bits per heavy atom. The maximum atomic E-state index is 12.5. The molecule has 0 radical (unpaired) electrons. The molecule has 1 amide bonds. The first-order valence-electron chi connectivity index (χ1n) is 13.0. The van der Waals surface area contributed by atoms with Crippen LogP contribution in [-0.4, -0.2) is 48.8 Å². The summed E-state index contributed by atoms with van der Waals surface area (Å²) >= 11 is 0. The number of carbonyl (C=O) groups excluding carboxylic acids is 1. The van der Waals surface area contributed by atoms with Gasteiger partial charge in [-0.1, -0.05) is 32.4 Å². The number of nitrogens with one attached hydrogen (secondary N) is 1. The van der Waals surface area contributed by atoms with Crippen molar-refractivity contribution in [2.75, 3.05) is 0 Å². The Balaban J connectivity index is 1.44. The Morgan fingerprint density at radius 2 is 2.06 bits per heavy atom. The highest BCUT2D eigenvalue weighted by atomic mass is 16.5. The van der Waals surface area contributed by atoms with E-state index in [1.807, 2.05) is 19.1 Å². The Bertz CT molecular complexity index is 1100. The number of ether oxygens (including phenoxy) is 2. The van der Waals surface area contributed by atoms with Crippen molar-refractivity contribution in [3.05, 3.63) is 23.5 Å². The van der Waals surface area contributed by atoms with E-state index in [-0.39, 0.29) is 24.2 Å². The Labute approximate surface area is 211 Å². The van der Waals surface area contributed by atoms with E-state index < -0.39 is 12.1 Å². The Hall–Kier alpha value is -3.17. The molecule has 2 heterocycles. The number of carboxylic acids is 1. The fourth-order valence-electron chi connectivity index (χ4n) is 5.27. The van der Waals surface area contributed by atoms with E-state index in [1.54, 1.807) is 11.7 Å². The molecule has 36 heavy (non-hydrogen) atoms. The zero-order valence-electron chi connectivity index (χ0n) is 21.6. The lowest BCUT2D eigenvalue weighted by Crippen LogP contribution is -2.38. The molecular formula is C26H37N5O5. The molecule has 0 bridgehead atoms. The number of carbonyl (C=O) groups is 2. The second kappa shape index (κ2) is 10.8. The second-order valence-electron chi connectivity index (χ2n) is 10.2. The zero-order valence-corrected chi connectivity index (χ0v) is 21.6. The standard InChI is InChI=1S/C26H37N5O5/c1-5-12-26(14-16(26)3)28-25(34)35-15-21-23(29-30-31(21)4)20-10-11-22(19(6-2)27-20)36-18-9-7-8-17(13-18)24(32)33/h10-11,16-18H,5-9,12-15H2,1-4H3,(H,28,34)(H,32,33)/t16?,17-,18-,26?/m0/s1. The molecule has 10 nitrogen and oxygen atoms in total. The molecule has 0 aromatic carbocycles. The number of amides is 1. The maximum Gasteiger partial charge on any atom is 0.407 e. The number of aromatic nitrogens is 4. The van der Waals surface area contributed by atoms with Gasteiger partial charge in [0.2, 0.25) is 0 Å². The number of hydrogen-bond acceptors (Lipinski definition) is 7. The highest BCUT2D eigenvalue weighted by Gasteiger charge is 2.51. The smallest absolute Gasteiger partial charge is 0.407 e. The molecule has 10 heteroatoms. The molecule has 2 saturated carbocycles. The minimum Gasteiger partial charge on any atom is -0.488 e. The van der Waals surface area contributed by atoms with E-state index in [2.05, 4.69) is 29.5 Å². The summed E-state index contributed by atoms with van der Waals surface area (Å²) in [6, 6.07) is 3.68. The molecule has 2 unspecified atom stereocenters. The molecule has 0 spiro atoms. The van der Waals surface area contributed by atoms with Crippen LogP contribution in [0.4, 0.5) is 4.79 Å². The third-order valence-corrected chi connectivity index (χ3v) is 7.56. The first-order chi connectivity index (χ1) is 17.3. The van der Waals surface area contributed by atoms with E-state index in [0.29, 0.717) is 48.0 Å². The number of carboxylic acid groups (broad SMARTS) is 1. The number of aryl methyl sites for hydroxylation is 2. The van der Waals surface area contributed by atoms with Gasteiger partial charge in [-0.2, -0.15) is 0 Å². The summed E-state index contributed by atoms with van der Waals surface area (Å²) < 4.78 is 13.4. The first-order valence-corrected chi connectivity index (χ1v) is 13.0.